The van der Waals surface area contributed by atoms with Crippen molar-refractivity contribution in [2.24, 2.45) is 0 Å². The van der Waals surface area contributed by atoms with Gasteiger partial charge in [-0.1, -0.05) is 19.0 Å². The molecule has 1 saturated heterocycles. The summed E-state index contributed by atoms with van der Waals surface area (Å²) in [7, 11) is 0. The Morgan fingerprint density at radius 1 is 1.38 bits per heavy atom. The Labute approximate surface area is 124 Å². The Kier molecular flexibility index (Phi) is 4.29. The smallest absolute Gasteiger partial charge is 0.248 e. The molecule has 2 heterocycles. The normalized spacial score (nSPS) is 26.1. The van der Waals surface area contributed by atoms with Crippen LogP contribution >= 0.6 is 0 Å². The Morgan fingerprint density at radius 3 is 2.62 bits per heavy atom. The molecule has 0 radical (unpaired) electrons. The van der Waals surface area contributed by atoms with Gasteiger partial charge < -0.3 is 14.7 Å². The summed E-state index contributed by atoms with van der Waals surface area (Å²) in [4.78, 5) is 30.7. The van der Waals surface area contributed by atoms with Crippen LogP contribution in [0.3, 0.4) is 0 Å². The van der Waals surface area contributed by atoms with Crippen LogP contribution in [0.2, 0.25) is 0 Å². The highest BCUT2D eigenvalue weighted by molar-refractivity contribution is 5.99. The quantitative estimate of drug-likeness (QED) is 0.869. The zero-order chi connectivity index (χ0) is 15.6. The van der Waals surface area contributed by atoms with E-state index in [0.29, 0.717) is 37.5 Å². The minimum Gasteiger partial charge on any atom is -0.340 e. The fraction of sp³-hybridized carbons (Fsp3) is 0.714. The zero-order valence-electron chi connectivity index (χ0n) is 13.0. The first kappa shape index (κ1) is 15.5. The van der Waals surface area contributed by atoms with Crippen molar-refractivity contribution in [3.8, 4) is 0 Å². The number of aromatic nitrogens is 2. The van der Waals surface area contributed by atoms with E-state index in [4.69, 9.17) is 4.52 Å². The largest absolute Gasteiger partial charge is 0.340 e. The van der Waals surface area contributed by atoms with Gasteiger partial charge in [0.05, 0.1) is 0 Å². The number of carbonyl (C=O) groups is 2. The van der Waals surface area contributed by atoms with Crippen LogP contribution in [0.25, 0.3) is 0 Å². The lowest BCUT2D eigenvalue weighted by Crippen LogP contribution is -2.69. The van der Waals surface area contributed by atoms with Gasteiger partial charge in [-0.25, -0.2) is 0 Å². The molecule has 2 amide bonds. The van der Waals surface area contributed by atoms with Crippen LogP contribution in [0.15, 0.2) is 4.52 Å². The minimum absolute atomic E-state index is 0.0448. The summed E-state index contributed by atoms with van der Waals surface area (Å²) in [6.45, 7) is 7.70. The van der Waals surface area contributed by atoms with Gasteiger partial charge in [0.1, 0.15) is 11.6 Å². The van der Waals surface area contributed by atoms with Gasteiger partial charge in [0, 0.05) is 19.9 Å². The van der Waals surface area contributed by atoms with E-state index in [1.54, 1.807) is 18.7 Å². The second-order valence-corrected chi connectivity index (χ2v) is 5.58. The number of carbonyl (C=O) groups excluding carboxylic acids is 2. The molecule has 1 fully saturated rings. The predicted octanol–water partition coefficient (Wildman–Crippen LogP) is 0.826. The summed E-state index contributed by atoms with van der Waals surface area (Å²) < 4.78 is 4.92. The van der Waals surface area contributed by atoms with Crippen molar-refractivity contribution in [3.63, 3.8) is 0 Å². The number of nitrogens with one attached hydrogen (secondary N) is 1. The Balaban J connectivity index is 2.15. The zero-order valence-corrected chi connectivity index (χ0v) is 13.0. The number of piperazine rings is 1. The third kappa shape index (κ3) is 2.91. The third-order valence-electron chi connectivity index (χ3n) is 4.05. The topological polar surface area (TPSA) is 88.3 Å². The van der Waals surface area contributed by atoms with Crippen LogP contribution in [-0.2, 0) is 16.0 Å². The lowest BCUT2D eigenvalue weighted by atomic mass is 9.91. The van der Waals surface area contributed by atoms with Gasteiger partial charge in [-0.05, 0) is 19.8 Å². The molecular weight excluding hydrogens is 272 g/mol. The number of amides is 2. The molecule has 1 aromatic heterocycles. The van der Waals surface area contributed by atoms with Gasteiger partial charge in [-0.3, -0.25) is 9.59 Å². The van der Waals surface area contributed by atoms with Gasteiger partial charge in [0.15, 0.2) is 5.82 Å². The van der Waals surface area contributed by atoms with Crippen molar-refractivity contribution >= 4 is 11.8 Å². The molecule has 116 valence electrons. The minimum atomic E-state index is -0.823. The maximum absolute atomic E-state index is 12.7. The number of aryl methyl sites for hydroxylation is 1. The van der Waals surface area contributed by atoms with E-state index in [2.05, 4.69) is 15.5 Å². The van der Waals surface area contributed by atoms with Crippen LogP contribution in [0, 0.1) is 6.92 Å². The van der Waals surface area contributed by atoms with Crippen molar-refractivity contribution in [2.75, 3.05) is 6.54 Å². The highest BCUT2D eigenvalue weighted by Gasteiger charge is 2.46. The molecule has 2 atom stereocenters. The molecule has 21 heavy (non-hydrogen) atoms. The average molecular weight is 294 g/mol. The van der Waals surface area contributed by atoms with Crippen molar-refractivity contribution < 1.29 is 14.1 Å². The van der Waals surface area contributed by atoms with E-state index in [1.165, 1.54) is 0 Å². The summed E-state index contributed by atoms with van der Waals surface area (Å²) in [6.07, 6.45) is 1.63. The van der Waals surface area contributed by atoms with Crippen LogP contribution < -0.4 is 5.32 Å². The van der Waals surface area contributed by atoms with Crippen molar-refractivity contribution in [3.05, 3.63) is 11.7 Å². The maximum atomic E-state index is 12.7. The lowest BCUT2D eigenvalue weighted by Gasteiger charge is -2.43. The molecule has 7 nitrogen and oxygen atoms in total. The molecule has 2 rings (SSSR count). The number of hydrogen-bond acceptors (Lipinski definition) is 5. The van der Waals surface area contributed by atoms with Crippen LogP contribution in [-0.4, -0.2) is 45.0 Å². The first-order valence-electron chi connectivity index (χ1n) is 7.33. The molecule has 7 heteroatoms. The molecule has 1 N–H and O–H groups in total. The third-order valence-corrected chi connectivity index (χ3v) is 4.05. The summed E-state index contributed by atoms with van der Waals surface area (Å²) in [6, 6.07) is -0.426. The van der Waals surface area contributed by atoms with E-state index >= 15 is 0 Å². The Bertz CT molecular complexity index is 542. The van der Waals surface area contributed by atoms with Crippen LogP contribution in [0.5, 0.6) is 0 Å². The number of nitrogens with zero attached hydrogens (tertiary/aromatic N) is 3. The molecule has 1 aliphatic heterocycles. The molecule has 1 aliphatic rings. The summed E-state index contributed by atoms with van der Waals surface area (Å²) in [5.74, 6) is 0.917. The molecule has 2 unspecified atom stereocenters. The molecule has 0 bridgehead atoms. The standard InChI is InChI=1S/C14H22N4O3/c1-5-10-12(19)16-14(4,6-2)13(20)18(10)8-7-11-15-9(3)21-17-11/h10H,5-8H2,1-4H3,(H,16,19). The van der Waals surface area contributed by atoms with E-state index in [1.807, 2.05) is 13.8 Å². The van der Waals surface area contributed by atoms with Crippen molar-refractivity contribution in [1.29, 1.82) is 0 Å². The predicted molar refractivity (Wildman–Crippen MR) is 75.4 cm³/mol. The number of rotatable bonds is 5. The van der Waals surface area contributed by atoms with Gasteiger partial charge in [-0.2, -0.15) is 4.98 Å². The highest BCUT2D eigenvalue weighted by atomic mass is 16.5. The number of hydrogen-bond donors (Lipinski definition) is 1. The molecule has 0 aromatic carbocycles. The molecule has 0 saturated carbocycles. The van der Waals surface area contributed by atoms with Gasteiger partial charge in [0.2, 0.25) is 17.7 Å². The molecular formula is C14H22N4O3. The SMILES string of the molecule is CCC1C(=O)NC(C)(CC)C(=O)N1CCc1noc(C)n1. The lowest BCUT2D eigenvalue weighted by molar-refractivity contribution is -0.154. The highest BCUT2D eigenvalue weighted by Crippen LogP contribution is 2.23. The van der Waals surface area contributed by atoms with Gasteiger partial charge in [-0.15, -0.1) is 0 Å². The van der Waals surface area contributed by atoms with Crippen molar-refractivity contribution in [2.45, 2.75) is 58.5 Å². The first-order valence-corrected chi connectivity index (χ1v) is 7.33. The summed E-state index contributed by atoms with van der Waals surface area (Å²) in [5.41, 5.74) is -0.823. The maximum Gasteiger partial charge on any atom is 0.248 e. The average Bonchev–Trinajstić information content (AvgIpc) is 2.86. The molecule has 0 aliphatic carbocycles. The summed E-state index contributed by atoms with van der Waals surface area (Å²) >= 11 is 0. The first-order chi connectivity index (χ1) is 9.91. The van der Waals surface area contributed by atoms with E-state index < -0.39 is 11.6 Å². The van der Waals surface area contributed by atoms with Crippen molar-refractivity contribution in [1.82, 2.24) is 20.4 Å². The van der Waals surface area contributed by atoms with Crippen LogP contribution in [0.1, 0.15) is 45.3 Å². The molecule has 0 spiro atoms. The fourth-order valence-electron chi connectivity index (χ4n) is 2.57. The second-order valence-electron chi connectivity index (χ2n) is 5.58. The van der Waals surface area contributed by atoms with Crippen LogP contribution in [0.4, 0.5) is 0 Å². The van der Waals surface area contributed by atoms with Gasteiger partial charge >= 0.3 is 0 Å². The summed E-state index contributed by atoms with van der Waals surface area (Å²) in [5, 5.41) is 6.67. The fourth-order valence-corrected chi connectivity index (χ4v) is 2.57. The Morgan fingerprint density at radius 2 is 2.10 bits per heavy atom. The monoisotopic (exact) mass is 294 g/mol. The van der Waals surface area contributed by atoms with Gasteiger partial charge in [0.25, 0.3) is 0 Å². The Hall–Kier alpha value is -1.92. The van der Waals surface area contributed by atoms with E-state index in [-0.39, 0.29) is 11.8 Å². The molecule has 1 aromatic rings. The van der Waals surface area contributed by atoms with E-state index in [9.17, 15) is 9.59 Å². The second kappa shape index (κ2) is 5.83. The van der Waals surface area contributed by atoms with E-state index in [0.717, 1.165) is 0 Å².